The Morgan fingerprint density at radius 2 is 1.47 bits per heavy atom. The molecule has 2 amide bonds. The fourth-order valence-electron chi connectivity index (χ4n) is 4.30. The van der Waals surface area contributed by atoms with Crippen molar-refractivity contribution in [2.45, 2.75) is 25.8 Å². The van der Waals surface area contributed by atoms with Crippen molar-refractivity contribution in [1.82, 2.24) is 9.80 Å². The van der Waals surface area contributed by atoms with Crippen molar-refractivity contribution in [3.8, 4) is 17.2 Å². The number of amides is 2. The minimum Gasteiger partial charge on any atom is -0.497 e. The zero-order chi connectivity index (χ0) is 22.7. The number of likely N-dealkylation sites (tertiary alicyclic amines) is 1. The second kappa shape index (κ2) is 9.34. The third-order valence-corrected chi connectivity index (χ3v) is 5.98. The maximum Gasteiger partial charge on any atom is 0.278 e. The molecule has 32 heavy (non-hydrogen) atoms. The molecule has 0 aliphatic carbocycles. The number of methoxy groups -OCH3 is 3. The zero-order valence-electron chi connectivity index (χ0n) is 18.7. The van der Waals surface area contributed by atoms with Gasteiger partial charge in [0.15, 0.2) is 11.5 Å². The Labute approximate surface area is 188 Å². The fraction of sp³-hybridized carbons (Fsp3) is 0.360. The number of hydrogen-bond donors (Lipinski definition) is 0. The maximum absolute atomic E-state index is 13.5. The number of nitrogens with zero attached hydrogens (tertiary/aromatic N) is 2. The molecule has 0 saturated carbocycles. The van der Waals surface area contributed by atoms with Crippen molar-refractivity contribution >= 4 is 17.4 Å². The predicted molar refractivity (Wildman–Crippen MR) is 120 cm³/mol. The maximum atomic E-state index is 13.5. The van der Waals surface area contributed by atoms with Crippen molar-refractivity contribution in [3.05, 3.63) is 59.3 Å². The lowest BCUT2D eigenvalue weighted by atomic mass is 10.0. The lowest BCUT2D eigenvalue weighted by molar-refractivity contribution is -0.138. The van der Waals surface area contributed by atoms with Crippen LogP contribution in [0.5, 0.6) is 17.2 Å². The predicted octanol–water partition coefficient (Wildman–Crippen LogP) is 3.48. The fourth-order valence-corrected chi connectivity index (χ4v) is 4.30. The summed E-state index contributed by atoms with van der Waals surface area (Å²) in [5, 5.41) is 0. The van der Waals surface area contributed by atoms with Gasteiger partial charge in [0.25, 0.3) is 11.8 Å². The molecule has 0 N–H and O–H groups in total. The topological polar surface area (TPSA) is 68.3 Å². The number of hydrogen-bond acceptors (Lipinski definition) is 6. The molecule has 1 saturated heterocycles. The van der Waals surface area contributed by atoms with Gasteiger partial charge in [-0.25, -0.2) is 0 Å². The van der Waals surface area contributed by atoms with Crippen molar-refractivity contribution in [2.75, 3.05) is 34.4 Å². The summed E-state index contributed by atoms with van der Waals surface area (Å²) >= 11 is 0. The van der Waals surface area contributed by atoms with Crippen LogP contribution in [0.15, 0.2) is 48.2 Å². The van der Waals surface area contributed by atoms with Crippen LogP contribution in [0, 0.1) is 0 Å². The Balaban J connectivity index is 1.69. The summed E-state index contributed by atoms with van der Waals surface area (Å²) in [6, 6.07) is 12.7. The molecule has 0 unspecified atom stereocenters. The van der Waals surface area contributed by atoms with Gasteiger partial charge < -0.3 is 19.1 Å². The van der Waals surface area contributed by atoms with Crippen LogP contribution in [0.2, 0.25) is 0 Å². The minimum absolute atomic E-state index is 0.162. The van der Waals surface area contributed by atoms with E-state index in [0.29, 0.717) is 28.5 Å². The molecule has 2 aromatic carbocycles. The lowest BCUT2D eigenvalue weighted by Gasteiger charge is -2.29. The molecule has 2 aliphatic rings. The molecule has 0 spiro atoms. The van der Waals surface area contributed by atoms with E-state index in [9.17, 15) is 9.59 Å². The number of benzene rings is 2. The normalized spacial score (nSPS) is 16.6. The number of piperidine rings is 1. The van der Waals surface area contributed by atoms with Gasteiger partial charge >= 0.3 is 0 Å². The summed E-state index contributed by atoms with van der Waals surface area (Å²) < 4.78 is 15.9. The van der Waals surface area contributed by atoms with E-state index in [1.165, 1.54) is 4.90 Å². The highest BCUT2D eigenvalue weighted by Gasteiger charge is 2.41. The van der Waals surface area contributed by atoms with E-state index in [0.717, 1.165) is 43.5 Å². The van der Waals surface area contributed by atoms with Gasteiger partial charge in [0.1, 0.15) is 11.4 Å². The van der Waals surface area contributed by atoms with E-state index in [1.807, 2.05) is 30.3 Å². The van der Waals surface area contributed by atoms with Gasteiger partial charge in [-0.3, -0.25) is 14.5 Å². The van der Waals surface area contributed by atoms with Crippen LogP contribution in [-0.4, -0.2) is 56.0 Å². The molecule has 0 atom stereocenters. The summed E-state index contributed by atoms with van der Waals surface area (Å²) in [4.78, 5) is 30.5. The third kappa shape index (κ3) is 4.02. The average molecular weight is 437 g/mol. The number of rotatable bonds is 7. The van der Waals surface area contributed by atoms with E-state index in [1.54, 1.807) is 33.5 Å². The third-order valence-electron chi connectivity index (χ3n) is 5.98. The van der Waals surface area contributed by atoms with Crippen molar-refractivity contribution < 1.29 is 23.8 Å². The van der Waals surface area contributed by atoms with Crippen LogP contribution >= 0.6 is 0 Å². The molecule has 2 aromatic rings. The Kier molecular flexibility index (Phi) is 6.35. The standard InChI is InChI=1S/C25H28N2O5/c1-30-19-10-8-18(9-11-19)22-23(26-13-5-4-6-14-26)25(29)27(24(22)28)16-17-7-12-20(31-2)21(15-17)32-3/h7-12,15H,4-6,13-14,16H2,1-3H3. The molecule has 7 nitrogen and oxygen atoms in total. The van der Waals surface area contributed by atoms with Gasteiger partial charge in [-0.05, 0) is 54.7 Å². The quantitative estimate of drug-likeness (QED) is 0.619. The molecule has 168 valence electrons. The highest BCUT2D eigenvalue weighted by molar-refractivity contribution is 6.35. The molecule has 0 aromatic heterocycles. The second-order valence-corrected chi connectivity index (χ2v) is 7.89. The highest BCUT2D eigenvalue weighted by Crippen LogP contribution is 2.35. The first kappa shape index (κ1) is 21.7. The van der Waals surface area contributed by atoms with Gasteiger partial charge in [0.2, 0.25) is 0 Å². The summed E-state index contributed by atoms with van der Waals surface area (Å²) in [7, 11) is 4.73. The van der Waals surface area contributed by atoms with E-state index < -0.39 is 0 Å². The first-order valence-corrected chi connectivity index (χ1v) is 10.8. The summed E-state index contributed by atoms with van der Waals surface area (Å²) in [6.07, 6.45) is 3.16. The molecule has 7 heteroatoms. The summed E-state index contributed by atoms with van der Waals surface area (Å²) in [5.74, 6) is 1.32. The van der Waals surface area contributed by atoms with Crippen molar-refractivity contribution in [2.24, 2.45) is 0 Å². The molecular formula is C25H28N2O5. The highest BCUT2D eigenvalue weighted by atomic mass is 16.5. The number of ether oxygens (including phenoxy) is 3. The first-order valence-electron chi connectivity index (χ1n) is 10.8. The smallest absolute Gasteiger partial charge is 0.278 e. The van der Waals surface area contributed by atoms with Crippen molar-refractivity contribution in [3.63, 3.8) is 0 Å². The van der Waals surface area contributed by atoms with Crippen molar-refractivity contribution in [1.29, 1.82) is 0 Å². The van der Waals surface area contributed by atoms with Gasteiger partial charge in [0.05, 0.1) is 33.4 Å². The largest absolute Gasteiger partial charge is 0.497 e. The Hall–Kier alpha value is -3.48. The van der Waals surface area contributed by atoms with Gasteiger partial charge in [-0.15, -0.1) is 0 Å². The van der Waals surface area contributed by atoms with E-state index in [2.05, 4.69) is 4.90 Å². The van der Waals surface area contributed by atoms with Crippen LogP contribution in [-0.2, 0) is 16.1 Å². The van der Waals surface area contributed by atoms with Gasteiger partial charge in [0, 0.05) is 13.1 Å². The van der Waals surface area contributed by atoms with Gasteiger partial charge in [-0.2, -0.15) is 0 Å². The number of imide groups is 1. The monoisotopic (exact) mass is 436 g/mol. The molecule has 2 heterocycles. The molecule has 4 rings (SSSR count). The second-order valence-electron chi connectivity index (χ2n) is 7.89. The van der Waals surface area contributed by atoms with E-state index >= 15 is 0 Å². The zero-order valence-corrected chi connectivity index (χ0v) is 18.7. The Morgan fingerprint density at radius 3 is 2.09 bits per heavy atom. The van der Waals surface area contributed by atoms with Crippen LogP contribution in [0.3, 0.4) is 0 Å². The first-order chi connectivity index (χ1) is 15.6. The van der Waals surface area contributed by atoms with Crippen LogP contribution in [0.1, 0.15) is 30.4 Å². The SMILES string of the molecule is COc1ccc(C2=C(N3CCCCC3)C(=O)N(Cc3ccc(OC)c(OC)c3)C2=O)cc1. The summed E-state index contributed by atoms with van der Waals surface area (Å²) in [5.41, 5.74) is 2.47. The van der Waals surface area contributed by atoms with Crippen LogP contribution in [0.25, 0.3) is 5.57 Å². The van der Waals surface area contributed by atoms with E-state index in [4.69, 9.17) is 14.2 Å². The molecule has 0 bridgehead atoms. The molecule has 1 fully saturated rings. The molecular weight excluding hydrogens is 408 g/mol. The van der Waals surface area contributed by atoms with Crippen LogP contribution in [0.4, 0.5) is 0 Å². The number of carbonyl (C=O) groups is 2. The van der Waals surface area contributed by atoms with Crippen LogP contribution < -0.4 is 14.2 Å². The lowest BCUT2D eigenvalue weighted by Crippen LogP contribution is -2.36. The number of carbonyl (C=O) groups excluding carboxylic acids is 2. The Bertz CT molecular complexity index is 1040. The molecule has 0 radical (unpaired) electrons. The van der Waals surface area contributed by atoms with E-state index in [-0.39, 0.29) is 18.4 Å². The average Bonchev–Trinajstić information content (AvgIpc) is 3.09. The molecule has 2 aliphatic heterocycles. The Morgan fingerprint density at radius 1 is 0.781 bits per heavy atom. The minimum atomic E-state index is -0.282. The van der Waals surface area contributed by atoms with Gasteiger partial charge in [-0.1, -0.05) is 18.2 Å². The summed E-state index contributed by atoms with van der Waals surface area (Å²) in [6.45, 7) is 1.71.